The zero-order valence-electron chi connectivity index (χ0n) is 11.4. The molecule has 0 aromatic heterocycles. The van der Waals surface area contributed by atoms with Crippen LogP contribution in [0.1, 0.15) is 16.8 Å². The zero-order valence-corrected chi connectivity index (χ0v) is 13.0. The molecule has 0 spiro atoms. The van der Waals surface area contributed by atoms with E-state index in [9.17, 15) is 14.9 Å². The van der Waals surface area contributed by atoms with Crippen molar-refractivity contribution < 1.29 is 9.72 Å². The number of hydrogen-bond acceptors (Lipinski definition) is 4. The largest absolute Gasteiger partial charge is 0.337 e. The second-order valence-corrected chi connectivity index (χ2v) is 5.93. The molecule has 1 atom stereocenters. The Hall–Kier alpha value is -1.47. The fraction of sp³-hybridized carbons (Fsp3) is 0.462. The van der Waals surface area contributed by atoms with E-state index < -0.39 is 4.92 Å². The Kier molecular flexibility index (Phi) is 4.39. The van der Waals surface area contributed by atoms with Gasteiger partial charge in [-0.05, 0) is 42.5 Å². The van der Waals surface area contributed by atoms with Crippen molar-refractivity contribution in [1.82, 2.24) is 9.80 Å². The van der Waals surface area contributed by atoms with Crippen LogP contribution in [0.5, 0.6) is 0 Å². The van der Waals surface area contributed by atoms with Crippen LogP contribution < -0.4 is 0 Å². The van der Waals surface area contributed by atoms with Gasteiger partial charge in [-0.3, -0.25) is 14.9 Å². The first-order chi connectivity index (χ1) is 9.40. The Labute approximate surface area is 125 Å². The van der Waals surface area contributed by atoms with Crippen molar-refractivity contribution in [3.63, 3.8) is 0 Å². The van der Waals surface area contributed by atoms with Crippen molar-refractivity contribution in [3.8, 4) is 0 Å². The molecule has 1 unspecified atom stereocenters. The lowest BCUT2D eigenvalue weighted by molar-refractivity contribution is -0.384. The second-order valence-electron chi connectivity index (χ2n) is 5.08. The SMILES string of the molecule is CN(C)C1CCN(C(=O)c2cc([N+](=O)[O-])ccc2Br)C1. The molecule has 1 fully saturated rings. The lowest BCUT2D eigenvalue weighted by Crippen LogP contribution is -2.34. The van der Waals surface area contributed by atoms with E-state index in [0.717, 1.165) is 6.42 Å². The summed E-state index contributed by atoms with van der Waals surface area (Å²) in [7, 11) is 3.98. The van der Waals surface area contributed by atoms with Gasteiger partial charge in [0.2, 0.25) is 0 Å². The minimum atomic E-state index is -0.490. The highest BCUT2D eigenvalue weighted by Crippen LogP contribution is 2.25. The molecule has 20 heavy (non-hydrogen) atoms. The van der Waals surface area contributed by atoms with Crippen LogP contribution in [0.25, 0.3) is 0 Å². The molecule has 108 valence electrons. The number of non-ortho nitro benzene ring substituents is 1. The second kappa shape index (κ2) is 5.88. The Morgan fingerprint density at radius 1 is 1.50 bits per heavy atom. The number of nitro benzene ring substituents is 1. The number of amides is 1. The van der Waals surface area contributed by atoms with Crippen LogP contribution in [0.2, 0.25) is 0 Å². The summed E-state index contributed by atoms with van der Waals surface area (Å²) in [5.74, 6) is -0.162. The van der Waals surface area contributed by atoms with E-state index in [-0.39, 0.29) is 11.6 Å². The molecule has 0 N–H and O–H groups in total. The lowest BCUT2D eigenvalue weighted by Gasteiger charge is -2.20. The van der Waals surface area contributed by atoms with Crippen LogP contribution in [0.4, 0.5) is 5.69 Å². The predicted molar refractivity (Wildman–Crippen MR) is 78.8 cm³/mol. The normalized spacial score (nSPS) is 18.6. The Morgan fingerprint density at radius 3 is 2.75 bits per heavy atom. The summed E-state index contributed by atoms with van der Waals surface area (Å²) in [5, 5.41) is 10.8. The summed E-state index contributed by atoms with van der Waals surface area (Å²) in [6.07, 6.45) is 0.922. The zero-order chi connectivity index (χ0) is 14.9. The first kappa shape index (κ1) is 14.9. The summed E-state index contributed by atoms with van der Waals surface area (Å²) in [6.45, 7) is 1.33. The van der Waals surface area contributed by atoms with Gasteiger partial charge in [-0.25, -0.2) is 0 Å². The number of hydrogen-bond donors (Lipinski definition) is 0. The quantitative estimate of drug-likeness (QED) is 0.624. The fourth-order valence-corrected chi connectivity index (χ4v) is 2.73. The van der Waals surface area contributed by atoms with Crippen molar-refractivity contribution in [2.24, 2.45) is 0 Å². The maximum absolute atomic E-state index is 12.5. The summed E-state index contributed by atoms with van der Waals surface area (Å²) < 4.78 is 0.585. The van der Waals surface area contributed by atoms with Crippen molar-refractivity contribution in [2.45, 2.75) is 12.5 Å². The van der Waals surface area contributed by atoms with Gasteiger partial charge in [-0.2, -0.15) is 0 Å². The number of benzene rings is 1. The molecule has 0 radical (unpaired) electrons. The van der Waals surface area contributed by atoms with Crippen LogP contribution >= 0.6 is 15.9 Å². The van der Waals surface area contributed by atoms with Crippen LogP contribution in [-0.2, 0) is 0 Å². The number of carbonyl (C=O) groups excluding carboxylic acids is 1. The van der Waals surface area contributed by atoms with Gasteiger partial charge in [-0.1, -0.05) is 0 Å². The van der Waals surface area contributed by atoms with E-state index in [1.807, 2.05) is 14.1 Å². The molecule has 1 aromatic carbocycles. The Bertz CT molecular complexity index is 548. The first-order valence-corrected chi connectivity index (χ1v) is 7.09. The molecule has 1 heterocycles. The monoisotopic (exact) mass is 341 g/mol. The standard InChI is InChI=1S/C13H16BrN3O3/c1-15(2)10-5-6-16(8-10)13(18)11-7-9(17(19)20)3-4-12(11)14/h3-4,7,10H,5-6,8H2,1-2H3. The van der Waals surface area contributed by atoms with E-state index in [0.29, 0.717) is 29.2 Å². The molecule has 0 bridgehead atoms. The van der Waals surface area contributed by atoms with Gasteiger partial charge in [0.15, 0.2) is 0 Å². The van der Waals surface area contributed by atoms with E-state index in [1.165, 1.54) is 12.1 Å². The molecule has 7 heteroatoms. The highest BCUT2D eigenvalue weighted by molar-refractivity contribution is 9.10. The van der Waals surface area contributed by atoms with Crippen molar-refractivity contribution >= 4 is 27.5 Å². The van der Waals surface area contributed by atoms with Gasteiger partial charge >= 0.3 is 0 Å². The topological polar surface area (TPSA) is 66.7 Å². The molecule has 6 nitrogen and oxygen atoms in total. The van der Waals surface area contributed by atoms with Crippen LogP contribution in [0, 0.1) is 10.1 Å². The molecule has 0 saturated carbocycles. The Morgan fingerprint density at radius 2 is 2.20 bits per heavy atom. The summed E-state index contributed by atoms with van der Waals surface area (Å²) >= 11 is 3.29. The Balaban J connectivity index is 2.21. The van der Waals surface area contributed by atoms with Gasteiger partial charge in [-0.15, -0.1) is 0 Å². The van der Waals surface area contributed by atoms with Crippen LogP contribution in [0.15, 0.2) is 22.7 Å². The van der Waals surface area contributed by atoms with Gasteiger partial charge < -0.3 is 9.80 Å². The van der Waals surface area contributed by atoms with Crippen molar-refractivity contribution in [2.75, 3.05) is 27.2 Å². The van der Waals surface area contributed by atoms with Crippen molar-refractivity contribution in [3.05, 3.63) is 38.3 Å². The molecule has 1 saturated heterocycles. The molecule has 1 aliphatic rings. The first-order valence-electron chi connectivity index (χ1n) is 6.30. The van der Waals surface area contributed by atoms with E-state index in [4.69, 9.17) is 0 Å². The fourth-order valence-electron chi connectivity index (χ4n) is 2.31. The number of carbonyl (C=O) groups is 1. The van der Waals surface area contributed by atoms with Crippen molar-refractivity contribution in [1.29, 1.82) is 0 Å². The molecule has 1 aromatic rings. The number of likely N-dealkylation sites (N-methyl/N-ethyl adjacent to an activating group) is 1. The van der Waals surface area contributed by atoms with Crippen LogP contribution in [0.3, 0.4) is 0 Å². The molecule has 2 rings (SSSR count). The third-order valence-corrected chi connectivity index (χ3v) is 4.26. The van der Waals surface area contributed by atoms with Gasteiger partial charge in [0.05, 0.1) is 10.5 Å². The molecular formula is C13H16BrN3O3. The van der Waals surface area contributed by atoms with E-state index >= 15 is 0 Å². The minimum absolute atomic E-state index is 0.0695. The molecule has 1 amide bonds. The summed E-state index contributed by atoms with van der Waals surface area (Å²) in [6, 6.07) is 4.60. The molecule has 1 aliphatic heterocycles. The highest BCUT2D eigenvalue weighted by atomic mass is 79.9. The predicted octanol–water partition coefficient (Wildman–Crippen LogP) is 2.13. The smallest absolute Gasteiger partial charge is 0.270 e. The number of nitro groups is 1. The third-order valence-electron chi connectivity index (χ3n) is 3.57. The maximum atomic E-state index is 12.5. The van der Waals surface area contributed by atoms with E-state index in [2.05, 4.69) is 20.8 Å². The van der Waals surface area contributed by atoms with Gasteiger partial charge in [0, 0.05) is 35.7 Å². The maximum Gasteiger partial charge on any atom is 0.270 e. The number of halogens is 1. The number of nitrogens with zero attached hydrogens (tertiary/aromatic N) is 3. The average Bonchev–Trinajstić information content (AvgIpc) is 2.88. The highest BCUT2D eigenvalue weighted by Gasteiger charge is 2.29. The molecular weight excluding hydrogens is 326 g/mol. The lowest BCUT2D eigenvalue weighted by atomic mass is 10.2. The van der Waals surface area contributed by atoms with Gasteiger partial charge in [0.25, 0.3) is 11.6 Å². The van der Waals surface area contributed by atoms with Gasteiger partial charge in [0.1, 0.15) is 0 Å². The van der Waals surface area contributed by atoms with Crippen LogP contribution in [-0.4, -0.2) is 53.9 Å². The summed E-state index contributed by atoms with van der Waals surface area (Å²) in [5.41, 5.74) is 0.276. The minimum Gasteiger partial charge on any atom is -0.337 e. The number of likely N-dealkylation sites (tertiary alicyclic amines) is 1. The average molecular weight is 342 g/mol. The summed E-state index contributed by atoms with van der Waals surface area (Å²) in [4.78, 5) is 26.6. The van der Waals surface area contributed by atoms with E-state index in [1.54, 1.807) is 11.0 Å². The number of rotatable bonds is 3. The third kappa shape index (κ3) is 2.99. The molecule has 0 aliphatic carbocycles.